The van der Waals surface area contributed by atoms with E-state index in [2.05, 4.69) is 9.97 Å². The molecule has 0 amide bonds. The number of carbonyl (C=O) groups is 1. The lowest BCUT2D eigenvalue weighted by Crippen LogP contribution is -2.17. The number of carboxylic acids is 1. The van der Waals surface area contributed by atoms with Crippen LogP contribution in [-0.2, 0) is 11.2 Å². The molecule has 0 aliphatic carbocycles. The summed E-state index contributed by atoms with van der Waals surface area (Å²) in [6.07, 6.45) is 0.942. The highest BCUT2D eigenvalue weighted by Gasteiger charge is 2.22. The second-order valence-electron chi connectivity index (χ2n) is 6.10. The van der Waals surface area contributed by atoms with Gasteiger partial charge in [-0.2, -0.15) is 4.98 Å². The Morgan fingerprint density at radius 3 is 2.65 bits per heavy atom. The molecule has 0 bridgehead atoms. The number of nitrogens with zero attached hydrogens (tertiary/aromatic N) is 1. The van der Waals surface area contributed by atoms with Crippen molar-refractivity contribution in [1.82, 2.24) is 9.97 Å². The lowest BCUT2D eigenvalue weighted by atomic mass is 9.89. The smallest absolute Gasteiger partial charge is 0.310 e. The zero-order valence-electron chi connectivity index (χ0n) is 14.0. The Labute approximate surface area is 149 Å². The van der Waals surface area contributed by atoms with E-state index in [4.69, 9.17) is 5.73 Å². The number of aromatic nitrogens is 2. The standard InChI is InChI=1S/C19H19N3O4/c20-19-21-16(23)15(17(24)22-19)10-4-9-14(18(25)26)13-8-3-6-11-5-1-2-7-12(11)13/h1-3,5-8,14H,4,9-10H2,(H,25,26)(H4,20,21,22,23,24). The summed E-state index contributed by atoms with van der Waals surface area (Å²) in [6, 6.07) is 13.2. The average Bonchev–Trinajstić information content (AvgIpc) is 2.60. The van der Waals surface area contributed by atoms with Crippen LogP contribution in [0.1, 0.15) is 29.9 Å². The lowest BCUT2D eigenvalue weighted by Gasteiger charge is -2.15. The summed E-state index contributed by atoms with van der Waals surface area (Å²) in [5, 5.41) is 21.3. The van der Waals surface area contributed by atoms with E-state index >= 15 is 0 Å². The van der Waals surface area contributed by atoms with Crippen molar-refractivity contribution < 1.29 is 15.0 Å². The molecule has 0 saturated heterocycles. The van der Waals surface area contributed by atoms with Crippen molar-refractivity contribution >= 4 is 22.7 Å². The van der Waals surface area contributed by atoms with Crippen molar-refractivity contribution in [1.29, 1.82) is 0 Å². The van der Waals surface area contributed by atoms with Gasteiger partial charge < -0.3 is 15.9 Å². The highest BCUT2D eigenvalue weighted by Crippen LogP contribution is 2.29. The molecular weight excluding hydrogens is 334 g/mol. The number of aromatic hydroxyl groups is 1. The Hall–Kier alpha value is -3.35. The van der Waals surface area contributed by atoms with Crippen molar-refractivity contribution in [3.05, 3.63) is 63.9 Å². The van der Waals surface area contributed by atoms with Crippen molar-refractivity contribution in [2.45, 2.75) is 25.2 Å². The van der Waals surface area contributed by atoms with E-state index < -0.39 is 23.3 Å². The van der Waals surface area contributed by atoms with Gasteiger partial charge in [0.05, 0.1) is 11.5 Å². The van der Waals surface area contributed by atoms with Crippen LogP contribution in [0.3, 0.4) is 0 Å². The molecule has 134 valence electrons. The fourth-order valence-corrected chi connectivity index (χ4v) is 3.18. The van der Waals surface area contributed by atoms with Crippen LogP contribution >= 0.6 is 0 Å². The van der Waals surface area contributed by atoms with Gasteiger partial charge >= 0.3 is 5.97 Å². The number of fused-ring (bicyclic) bond motifs is 1. The summed E-state index contributed by atoms with van der Waals surface area (Å²) >= 11 is 0. The molecule has 2 aromatic carbocycles. The molecule has 5 N–H and O–H groups in total. The fourth-order valence-electron chi connectivity index (χ4n) is 3.18. The Morgan fingerprint density at radius 2 is 1.92 bits per heavy atom. The van der Waals surface area contributed by atoms with Crippen molar-refractivity contribution in [2.75, 3.05) is 5.73 Å². The minimum atomic E-state index is -0.921. The zero-order chi connectivity index (χ0) is 18.7. The molecule has 0 aliphatic heterocycles. The monoisotopic (exact) mass is 353 g/mol. The van der Waals surface area contributed by atoms with Gasteiger partial charge in [-0.1, -0.05) is 42.5 Å². The Kier molecular flexibility index (Phi) is 4.88. The van der Waals surface area contributed by atoms with Crippen LogP contribution < -0.4 is 11.3 Å². The summed E-state index contributed by atoms with van der Waals surface area (Å²) in [7, 11) is 0. The van der Waals surface area contributed by atoms with E-state index in [9.17, 15) is 19.8 Å². The summed E-state index contributed by atoms with van der Waals surface area (Å²) in [4.78, 5) is 29.6. The number of rotatable bonds is 6. The van der Waals surface area contributed by atoms with Crippen LogP contribution in [0.5, 0.6) is 5.88 Å². The van der Waals surface area contributed by atoms with Crippen molar-refractivity contribution in [3.8, 4) is 5.88 Å². The molecule has 0 spiro atoms. The molecular formula is C19H19N3O4. The van der Waals surface area contributed by atoms with Crippen LogP contribution in [0.15, 0.2) is 47.3 Å². The number of hydrogen-bond donors (Lipinski definition) is 4. The predicted molar refractivity (Wildman–Crippen MR) is 98.2 cm³/mol. The Bertz CT molecular complexity index is 1010. The molecule has 7 heteroatoms. The molecule has 0 aliphatic rings. The molecule has 0 saturated carbocycles. The van der Waals surface area contributed by atoms with Gasteiger partial charge in [0.25, 0.3) is 5.56 Å². The second-order valence-corrected chi connectivity index (χ2v) is 6.10. The van der Waals surface area contributed by atoms with E-state index in [1.54, 1.807) is 0 Å². The molecule has 3 rings (SSSR count). The number of hydrogen-bond acceptors (Lipinski definition) is 5. The van der Waals surface area contributed by atoms with E-state index in [1.807, 2.05) is 42.5 Å². The molecule has 3 aromatic rings. The lowest BCUT2D eigenvalue weighted by molar-refractivity contribution is -0.139. The first kappa shape index (κ1) is 17.5. The van der Waals surface area contributed by atoms with E-state index in [0.29, 0.717) is 12.8 Å². The Morgan fingerprint density at radius 1 is 1.19 bits per heavy atom. The number of benzene rings is 2. The van der Waals surface area contributed by atoms with Crippen LogP contribution in [0.25, 0.3) is 10.8 Å². The maximum absolute atomic E-state index is 11.9. The van der Waals surface area contributed by atoms with Crippen molar-refractivity contribution in [2.24, 2.45) is 0 Å². The first-order valence-corrected chi connectivity index (χ1v) is 8.25. The number of aliphatic carboxylic acids is 1. The first-order chi connectivity index (χ1) is 12.5. The van der Waals surface area contributed by atoms with Gasteiger partial charge in [0.2, 0.25) is 11.8 Å². The third-order valence-electron chi connectivity index (χ3n) is 4.43. The number of carboxylic acid groups (broad SMARTS) is 1. The number of nitrogens with two attached hydrogens (primary N) is 1. The first-order valence-electron chi connectivity index (χ1n) is 8.25. The summed E-state index contributed by atoms with van der Waals surface area (Å²) < 4.78 is 0. The minimum Gasteiger partial charge on any atom is -0.493 e. The number of anilines is 1. The molecule has 7 nitrogen and oxygen atoms in total. The molecule has 0 fully saturated rings. The van der Waals surface area contributed by atoms with Crippen LogP contribution in [-0.4, -0.2) is 26.2 Å². The molecule has 0 radical (unpaired) electrons. The van der Waals surface area contributed by atoms with Gasteiger partial charge in [-0.25, -0.2) is 0 Å². The largest absolute Gasteiger partial charge is 0.493 e. The predicted octanol–water partition coefficient (Wildman–Crippen LogP) is 2.40. The quantitative estimate of drug-likeness (QED) is 0.538. The van der Waals surface area contributed by atoms with Crippen LogP contribution in [0.4, 0.5) is 5.95 Å². The van der Waals surface area contributed by atoms with Gasteiger partial charge in [-0.15, -0.1) is 0 Å². The molecule has 1 atom stereocenters. The third-order valence-corrected chi connectivity index (χ3v) is 4.43. The summed E-state index contributed by atoms with van der Waals surface area (Å²) in [5.41, 5.74) is 5.71. The van der Waals surface area contributed by atoms with Gasteiger partial charge in [0.15, 0.2) is 0 Å². The molecule has 1 heterocycles. The average molecular weight is 353 g/mol. The van der Waals surface area contributed by atoms with Gasteiger partial charge in [0, 0.05) is 0 Å². The molecule has 26 heavy (non-hydrogen) atoms. The maximum atomic E-state index is 11.9. The minimum absolute atomic E-state index is 0.112. The van der Waals surface area contributed by atoms with Gasteiger partial charge in [0.1, 0.15) is 0 Å². The second kappa shape index (κ2) is 7.26. The summed E-state index contributed by atoms with van der Waals surface area (Å²) in [6.45, 7) is 0. The molecule has 1 aromatic heterocycles. The summed E-state index contributed by atoms with van der Waals surface area (Å²) in [5.74, 6) is -2.20. The van der Waals surface area contributed by atoms with E-state index in [0.717, 1.165) is 16.3 Å². The van der Waals surface area contributed by atoms with Crippen LogP contribution in [0.2, 0.25) is 0 Å². The highest BCUT2D eigenvalue weighted by atomic mass is 16.4. The maximum Gasteiger partial charge on any atom is 0.310 e. The van der Waals surface area contributed by atoms with Crippen LogP contribution in [0, 0.1) is 0 Å². The SMILES string of the molecule is Nc1nc(O)c(CCCC(C(=O)O)c2cccc3ccccc23)c(=O)[nH]1. The number of H-pyrrole nitrogens is 1. The molecule has 1 unspecified atom stereocenters. The normalized spacial score (nSPS) is 12.2. The number of nitrogens with one attached hydrogen (secondary N) is 1. The highest BCUT2D eigenvalue weighted by molar-refractivity contribution is 5.90. The topological polar surface area (TPSA) is 129 Å². The van der Waals surface area contributed by atoms with Gasteiger partial charge in [-0.3, -0.25) is 14.6 Å². The number of aromatic amines is 1. The Balaban J connectivity index is 1.82. The van der Waals surface area contributed by atoms with E-state index in [1.165, 1.54) is 0 Å². The van der Waals surface area contributed by atoms with Crippen molar-refractivity contribution in [3.63, 3.8) is 0 Å². The number of nitrogen functional groups attached to an aromatic ring is 1. The zero-order valence-corrected chi connectivity index (χ0v) is 14.0. The van der Waals surface area contributed by atoms with Gasteiger partial charge in [-0.05, 0) is 35.6 Å². The third kappa shape index (κ3) is 3.51. The fraction of sp³-hybridized carbons (Fsp3) is 0.211. The van der Waals surface area contributed by atoms with E-state index in [-0.39, 0.29) is 17.9 Å².